The minimum atomic E-state index is -0.801. The minimum absolute atomic E-state index is 0.0106. The maximum Gasteiger partial charge on any atom is 0.321 e. The zero-order valence-electron chi connectivity index (χ0n) is 10.7. The summed E-state index contributed by atoms with van der Waals surface area (Å²) in [6, 6.07) is -0.554. The lowest BCUT2D eigenvalue weighted by Crippen LogP contribution is -2.54. The van der Waals surface area contributed by atoms with Crippen LogP contribution in [0.3, 0.4) is 0 Å². The first-order valence-electron chi connectivity index (χ1n) is 6.87. The summed E-state index contributed by atoms with van der Waals surface area (Å²) in [5, 5.41) is 9.92. The topological polar surface area (TPSA) is 66.8 Å². The Morgan fingerprint density at radius 3 is 3.05 bits per heavy atom. The fourth-order valence-electron chi connectivity index (χ4n) is 4.47. The molecule has 6 heteroatoms. The molecule has 4 rings (SSSR count). The van der Waals surface area contributed by atoms with Crippen molar-refractivity contribution < 1.29 is 19.4 Å². The van der Waals surface area contributed by atoms with Crippen LogP contribution in [0.4, 0.5) is 0 Å². The van der Waals surface area contributed by atoms with Crippen LogP contribution in [0.25, 0.3) is 0 Å². The molecule has 4 aliphatic rings. The number of carbonyl (C=O) groups is 2. The summed E-state index contributed by atoms with van der Waals surface area (Å²) >= 11 is 1.77. The number of Topliss-reactive ketones (excluding diaryl/α,β-unsaturated/α-hetero) is 1. The monoisotopic (exact) mass is 283 g/mol. The van der Waals surface area contributed by atoms with Crippen LogP contribution in [0, 0.1) is 11.8 Å². The van der Waals surface area contributed by atoms with Gasteiger partial charge in [0.2, 0.25) is 0 Å². The van der Waals surface area contributed by atoms with Crippen LogP contribution in [0.2, 0.25) is 0 Å². The number of thioether (sulfide) groups is 1. The Morgan fingerprint density at radius 1 is 1.53 bits per heavy atom. The van der Waals surface area contributed by atoms with Gasteiger partial charge in [-0.2, -0.15) is 0 Å². The first kappa shape index (κ1) is 12.2. The van der Waals surface area contributed by atoms with E-state index in [9.17, 15) is 14.7 Å². The van der Waals surface area contributed by atoms with Crippen LogP contribution in [-0.2, 0) is 14.3 Å². The van der Waals surface area contributed by atoms with E-state index >= 15 is 0 Å². The van der Waals surface area contributed by atoms with Crippen LogP contribution < -0.4 is 0 Å². The van der Waals surface area contributed by atoms with Crippen molar-refractivity contribution in [3.8, 4) is 0 Å². The molecule has 3 aliphatic heterocycles. The van der Waals surface area contributed by atoms with Crippen LogP contribution in [0.1, 0.15) is 26.2 Å². The first-order chi connectivity index (χ1) is 9.04. The zero-order chi connectivity index (χ0) is 13.4. The molecule has 0 amide bonds. The van der Waals surface area contributed by atoms with Gasteiger partial charge in [-0.3, -0.25) is 9.59 Å². The van der Waals surface area contributed by atoms with Gasteiger partial charge in [0.15, 0.2) is 0 Å². The molecule has 0 bridgehead atoms. The highest BCUT2D eigenvalue weighted by atomic mass is 32.2. The number of ether oxygens (including phenoxy) is 1. The third-order valence-corrected chi connectivity index (χ3v) is 7.09. The van der Waals surface area contributed by atoms with E-state index < -0.39 is 17.7 Å². The summed E-state index contributed by atoms with van der Waals surface area (Å²) in [4.78, 5) is 25.8. The summed E-state index contributed by atoms with van der Waals surface area (Å²) in [7, 11) is 0. The number of aliphatic carboxylic acids is 1. The summed E-state index contributed by atoms with van der Waals surface area (Å²) in [6.07, 6.45) is 2.22. The van der Waals surface area contributed by atoms with Gasteiger partial charge >= 0.3 is 5.97 Å². The Hall–Kier alpha value is -0.590. The van der Waals surface area contributed by atoms with Crippen LogP contribution in [0.5, 0.6) is 0 Å². The summed E-state index contributed by atoms with van der Waals surface area (Å²) in [6.45, 7) is 2.69. The summed E-state index contributed by atoms with van der Waals surface area (Å²) < 4.78 is 5.89. The number of rotatable bonds is 1. The molecular formula is C13H17NO4S. The SMILES string of the molecule is CC12OCCC1SC1C3C(=O)CCC3C(C(=O)O)N12. The van der Waals surface area contributed by atoms with Crippen molar-refractivity contribution >= 4 is 23.5 Å². The molecule has 104 valence electrons. The average Bonchev–Trinajstić information content (AvgIpc) is 3.00. The molecule has 0 aromatic heterocycles. The number of fused-ring (bicyclic) bond motifs is 5. The number of carboxylic acid groups (broad SMARTS) is 1. The van der Waals surface area contributed by atoms with E-state index in [-0.39, 0.29) is 23.0 Å². The van der Waals surface area contributed by atoms with Crippen LogP contribution in [0.15, 0.2) is 0 Å². The van der Waals surface area contributed by atoms with Gasteiger partial charge in [0.25, 0.3) is 0 Å². The van der Waals surface area contributed by atoms with Gasteiger partial charge < -0.3 is 9.84 Å². The molecule has 1 N–H and O–H groups in total. The third kappa shape index (κ3) is 1.35. The van der Waals surface area contributed by atoms with Crippen LogP contribution in [-0.4, -0.2) is 50.8 Å². The van der Waals surface area contributed by atoms with Crippen molar-refractivity contribution in [2.24, 2.45) is 11.8 Å². The minimum Gasteiger partial charge on any atom is -0.480 e. The second-order valence-electron chi connectivity index (χ2n) is 6.09. The first-order valence-corrected chi connectivity index (χ1v) is 7.81. The molecule has 0 aromatic carbocycles. The lowest BCUT2D eigenvalue weighted by molar-refractivity contribution is -0.159. The normalized spacial score (nSPS) is 52.3. The lowest BCUT2D eigenvalue weighted by atomic mass is 9.93. The van der Waals surface area contributed by atoms with Gasteiger partial charge in [0, 0.05) is 12.3 Å². The standard InChI is InChI=1S/C13H17NO4S/c1-13-8(4-5-18-13)19-11-9-6(2-3-7(9)15)10(12(16)17)14(11)13/h6,8-11H,2-5H2,1H3,(H,16,17). The van der Waals surface area contributed by atoms with Gasteiger partial charge in [0.1, 0.15) is 17.6 Å². The Morgan fingerprint density at radius 2 is 2.32 bits per heavy atom. The third-order valence-electron chi connectivity index (χ3n) is 5.28. The Bertz CT molecular complexity index is 470. The molecule has 3 saturated heterocycles. The lowest BCUT2D eigenvalue weighted by Gasteiger charge is -2.36. The number of nitrogens with zero attached hydrogens (tertiary/aromatic N) is 1. The molecule has 0 aromatic rings. The van der Waals surface area contributed by atoms with Crippen molar-refractivity contribution in [3.63, 3.8) is 0 Å². The molecule has 4 fully saturated rings. The zero-order valence-corrected chi connectivity index (χ0v) is 11.6. The van der Waals surface area contributed by atoms with Crippen molar-refractivity contribution in [2.75, 3.05) is 6.61 Å². The molecule has 0 spiro atoms. The van der Waals surface area contributed by atoms with Crippen molar-refractivity contribution in [3.05, 3.63) is 0 Å². The van der Waals surface area contributed by atoms with Crippen LogP contribution >= 0.6 is 11.8 Å². The molecule has 1 aliphatic carbocycles. The number of carbonyl (C=O) groups excluding carboxylic acids is 1. The van der Waals surface area contributed by atoms with Crippen molar-refractivity contribution in [2.45, 2.75) is 48.6 Å². The van der Waals surface area contributed by atoms with Crippen molar-refractivity contribution in [1.29, 1.82) is 0 Å². The second kappa shape index (κ2) is 3.74. The molecular weight excluding hydrogens is 266 g/mol. The molecule has 5 nitrogen and oxygen atoms in total. The molecule has 1 saturated carbocycles. The summed E-state index contributed by atoms with van der Waals surface area (Å²) in [5.74, 6) is -0.674. The Labute approximate surface area is 115 Å². The van der Waals surface area contributed by atoms with Gasteiger partial charge in [0.05, 0.1) is 17.2 Å². The van der Waals surface area contributed by atoms with Gasteiger partial charge in [-0.25, -0.2) is 4.90 Å². The predicted octanol–water partition coefficient (Wildman–Crippen LogP) is 0.928. The quantitative estimate of drug-likeness (QED) is 0.772. The molecule has 6 unspecified atom stereocenters. The predicted molar refractivity (Wildman–Crippen MR) is 68.6 cm³/mol. The van der Waals surface area contributed by atoms with E-state index in [0.29, 0.717) is 18.3 Å². The van der Waals surface area contributed by atoms with E-state index in [0.717, 1.165) is 12.8 Å². The fourth-order valence-corrected chi connectivity index (χ4v) is 6.48. The highest BCUT2D eigenvalue weighted by molar-refractivity contribution is 8.00. The fraction of sp³-hybridized carbons (Fsp3) is 0.846. The maximum absolute atomic E-state index is 12.1. The second-order valence-corrected chi connectivity index (χ2v) is 7.42. The average molecular weight is 283 g/mol. The van der Waals surface area contributed by atoms with Gasteiger partial charge in [-0.15, -0.1) is 11.8 Å². The number of carboxylic acids is 1. The maximum atomic E-state index is 12.1. The highest BCUT2D eigenvalue weighted by Crippen LogP contribution is 2.60. The smallest absolute Gasteiger partial charge is 0.321 e. The van der Waals surface area contributed by atoms with E-state index in [1.165, 1.54) is 0 Å². The van der Waals surface area contributed by atoms with Crippen molar-refractivity contribution in [1.82, 2.24) is 4.90 Å². The molecule has 6 atom stereocenters. The highest BCUT2D eigenvalue weighted by Gasteiger charge is 2.68. The van der Waals surface area contributed by atoms with E-state index in [1.54, 1.807) is 11.8 Å². The number of hydrogen-bond donors (Lipinski definition) is 1. The van der Waals surface area contributed by atoms with E-state index in [1.807, 2.05) is 11.8 Å². The summed E-state index contributed by atoms with van der Waals surface area (Å²) in [5.41, 5.74) is -0.497. The van der Waals surface area contributed by atoms with Gasteiger partial charge in [-0.1, -0.05) is 0 Å². The molecule has 19 heavy (non-hydrogen) atoms. The number of ketones is 1. The Kier molecular flexibility index (Phi) is 2.40. The van der Waals surface area contributed by atoms with Gasteiger partial charge in [-0.05, 0) is 25.7 Å². The van der Waals surface area contributed by atoms with E-state index in [2.05, 4.69) is 0 Å². The largest absolute Gasteiger partial charge is 0.480 e. The molecule has 3 heterocycles. The Balaban J connectivity index is 1.79. The molecule has 0 radical (unpaired) electrons. The number of hydrogen-bond acceptors (Lipinski definition) is 5. The van der Waals surface area contributed by atoms with E-state index in [4.69, 9.17) is 4.74 Å².